The second-order valence-electron chi connectivity index (χ2n) is 3.42. The number of nitrogens with zero attached hydrogens (tertiary/aromatic N) is 2. The Kier molecular flexibility index (Phi) is 1.88. The monoisotopic (exact) mass is 280 g/mol. The van der Waals surface area contributed by atoms with Crippen LogP contribution in [0.3, 0.4) is 0 Å². The molecular weight excluding hydrogens is 275 g/mol. The average molecular weight is 281 g/mol. The van der Waals surface area contributed by atoms with Gasteiger partial charge < -0.3 is 10.7 Å². The Labute approximate surface area is 97.8 Å². The van der Waals surface area contributed by atoms with E-state index in [2.05, 4.69) is 30.9 Å². The Hall–Kier alpha value is -1.69. The van der Waals surface area contributed by atoms with E-state index in [1.54, 1.807) is 6.07 Å². The van der Waals surface area contributed by atoms with Gasteiger partial charge in [0, 0.05) is 9.86 Å². The Morgan fingerprint density at radius 3 is 2.94 bits per heavy atom. The minimum Gasteiger partial charge on any atom is -0.383 e. The Morgan fingerprint density at radius 2 is 2.12 bits per heavy atom. The summed E-state index contributed by atoms with van der Waals surface area (Å²) in [5.74, 6) is -0.00414. The van der Waals surface area contributed by atoms with E-state index in [-0.39, 0.29) is 5.82 Å². The molecule has 0 aliphatic carbocycles. The van der Waals surface area contributed by atoms with Crippen LogP contribution in [-0.4, -0.2) is 15.0 Å². The van der Waals surface area contributed by atoms with Gasteiger partial charge in [0.15, 0.2) is 0 Å². The summed E-state index contributed by atoms with van der Waals surface area (Å²) in [6, 6.07) is 3.18. The molecule has 0 amide bonds. The maximum atomic E-state index is 13.7. The highest BCUT2D eigenvalue weighted by molar-refractivity contribution is 9.10. The first-order valence-corrected chi connectivity index (χ1v) is 5.33. The van der Waals surface area contributed by atoms with E-state index in [0.29, 0.717) is 32.2 Å². The van der Waals surface area contributed by atoms with Crippen LogP contribution >= 0.6 is 15.9 Å². The number of fused-ring (bicyclic) bond motifs is 3. The molecule has 0 unspecified atom stereocenters. The molecule has 2 aromatic heterocycles. The van der Waals surface area contributed by atoms with Crippen LogP contribution in [0, 0.1) is 5.82 Å². The molecule has 0 saturated carbocycles. The highest BCUT2D eigenvalue weighted by Gasteiger charge is 2.12. The topological polar surface area (TPSA) is 67.6 Å². The molecule has 3 N–H and O–H groups in total. The molecule has 0 aliphatic rings. The molecule has 80 valence electrons. The van der Waals surface area contributed by atoms with E-state index >= 15 is 0 Å². The molecule has 1 aromatic carbocycles. The smallest absolute Gasteiger partial charge is 0.148 e. The first kappa shape index (κ1) is 9.53. The van der Waals surface area contributed by atoms with Crippen LogP contribution in [-0.2, 0) is 0 Å². The molecule has 3 rings (SSSR count). The number of aromatic amines is 1. The molecule has 2 heterocycles. The van der Waals surface area contributed by atoms with Gasteiger partial charge in [-0.05, 0) is 12.1 Å². The maximum absolute atomic E-state index is 13.7. The van der Waals surface area contributed by atoms with Crippen molar-refractivity contribution in [1.82, 2.24) is 15.0 Å². The van der Waals surface area contributed by atoms with Crippen molar-refractivity contribution in [3.63, 3.8) is 0 Å². The lowest BCUT2D eigenvalue weighted by Crippen LogP contribution is -1.91. The number of rotatable bonds is 0. The van der Waals surface area contributed by atoms with Crippen molar-refractivity contribution < 1.29 is 4.39 Å². The van der Waals surface area contributed by atoms with Crippen molar-refractivity contribution in [3.8, 4) is 0 Å². The fourth-order valence-corrected chi connectivity index (χ4v) is 2.21. The Morgan fingerprint density at radius 1 is 1.31 bits per heavy atom. The summed E-state index contributed by atoms with van der Waals surface area (Å²) < 4.78 is 14.3. The SMILES string of the molecule is Nc1ncnc2[nH]c3c(F)cc(Br)cc3c12. The molecule has 0 saturated heterocycles. The third kappa shape index (κ3) is 1.19. The molecule has 0 spiro atoms. The number of hydrogen-bond donors (Lipinski definition) is 2. The summed E-state index contributed by atoms with van der Waals surface area (Å²) in [6.45, 7) is 0. The molecule has 0 aliphatic heterocycles. The van der Waals surface area contributed by atoms with Gasteiger partial charge in [-0.2, -0.15) is 0 Å². The van der Waals surface area contributed by atoms with Gasteiger partial charge in [-0.15, -0.1) is 0 Å². The minimum atomic E-state index is -0.346. The molecule has 0 fully saturated rings. The fraction of sp³-hybridized carbons (Fsp3) is 0. The van der Waals surface area contributed by atoms with Crippen molar-refractivity contribution in [2.24, 2.45) is 0 Å². The largest absolute Gasteiger partial charge is 0.383 e. The predicted octanol–water partition coefficient (Wildman–Crippen LogP) is 2.59. The van der Waals surface area contributed by atoms with E-state index < -0.39 is 0 Å². The first-order valence-electron chi connectivity index (χ1n) is 4.53. The van der Waals surface area contributed by atoms with Crippen molar-refractivity contribution in [1.29, 1.82) is 0 Å². The van der Waals surface area contributed by atoms with Gasteiger partial charge in [0.2, 0.25) is 0 Å². The first-order chi connectivity index (χ1) is 7.66. The van der Waals surface area contributed by atoms with E-state index in [0.717, 1.165) is 0 Å². The minimum absolute atomic E-state index is 0.341. The number of nitrogens with one attached hydrogen (secondary N) is 1. The summed E-state index contributed by atoms with van der Waals surface area (Å²) in [4.78, 5) is 10.8. The van der Waals surface area contributed by atoms with Gasteiger partial charge in [0.1, 0.15) is 23.6 Å². The molecule has 4 nitrogen and oxygen atoms in total. The van der Waals surface area contributed by atoms with Gasteiger partial charge in [0.25, 0.3) is 0 Å². The summed E-state index contributed by atoms with van der Waals surface area (Å²) in [5, 5.41) is 1.33. The molecule has 16 heavy (non-hydrogen) atoms. The molecular formula is C10H6BrFN4. The summed E-state index contributed by atoms with van der Waals surface area (Å²) in [7, 11) is 0. The second-order valence-corrected chi connectivity index (χ2v) is 4.33. The number of benzene rings is 1. The summed E-state index contributed by atoms with van der Waals surface area (Å²) in [6.07, 6.45) is 1.35. The van der Waals surface area contributed by atoms with Crippen molar-refractivity contribution in [2.75, 3.05) is 5.73 Å². The van der Waals surface area contributed by atoms with Gasteiger partial charge in [-0.25, -0.2) is 14.4 Å². The van der Waals surface area contributed by atoms with Crippen molar-refractivity contribution in [3.05, 3.63) is 28.7 Å². The van der Waals surface area contributed by atoms with E-state index in [1.165, 1.54) is 12.4 Å². The fourth-order valence-electron chi connectivity index (χ4n) is 1.78. The molecule has 3 aromatic rings. The van der Waals surface area contributed by atoms with Crippen LogP contribution in [0.25, 0.3) is 21.9 Å². The number of H-pyrrole nitrogens is 1. The molecule has 0 radical (unpaired) electrons. The second kappa shape index (κ2) is 3.15. The quantitative estimate of drug-likeness (QED) is 0.665. The van der Waals surface area contributed by atoms with Crippen LogP contribution in [0.1, 0.15) is 0 Å². The molecule has 0 bridgehead atoms. The van der Waals surface area contributed by atoms with Gasteiger partial charge in [-0.3, -0.25) is 0 Å². The third-order valence-corrected chi connectivity index (χ3v) is 2.90. The molecule has 0 atom stereocenters. The van der Waals surface area contributed by atoms with Crippen LogP contribution in [0.4, 0.5) is 10.2 Å². The lowest BCUT2D eigenvalue weighted by Gasteiger charge is -1.96. The van der Waals surface area contributed by atoms with Crippen LogP contribution in [0.15, 0.2) is 22.9 Å². The Bertz CT molecular complexity index is 707. The van der Waals surface area contributed by atoms with Gasteiger partial charge in [-0.1, -0.05) is 15.9 Å². The zero-order chi connectivity index (χ0) is 11.3. The highest BCUT2D eigenvalue weighted by Crippen LogP contribution is 2.31. The number of anilines is 1. The summed E-state index contributed by atoms with van der Waals surface area (Å²) >= 11 is 3.24. The maximum Gasteiger partial charge on any atom is 0.148 e. The Balaban J connectivity index is 2.63. The van der Waals surface area contributed by atoms with Gasteiger partial charge >= 0.3 is 0 Å². The van der Waals surface area contributed by atoms with E-state index in [4.69, 9.17) is 5.73 Å². The predicted molar refractivity (Wildman–Crippen MR) is 63.5 cm³/mol. The number of aromatic nitrogens is 3. The lowest BCUT2D eigenvalue weighted by molar-refractivity contribution is 0.636. The van der Waals surface area contributed by atoms with Crippen LogP contribution < -0.4 is 5.73 Å². The standard InChI is InChI=1S/C10H6BrFN4/c11-4-1-5-7-9(13)14-3-15-10(7)16-8(5)6(12)2-4/h1-3H,(H3,13,14,15,16). The number of hydrogen-bond acceptors (Lipinski definition) is 3. The zero-order valence-corrected chi connectivity index (χ0v) is 9.55. The number of nitrogens with two attached hydrogens (primary N) is 1. The number of nitrogen functional groups attached to an aromatic ring is 1. The summed E-state index contributed by atoms with van der Waals surface area (Å²) in [5.41, 5.74) is 6.69. The molecule has 6 heteroatoms. The normalized spacial score (nSPS) is 11.4. The number of halogens is 2. The van der Waals surface area contributed by atoms with Crippen LogP contribution in [0.2, 0.25) is 0 Å². The highest BCUT2D eigenvalue weighted by atomic mass is 79.9. The zero-order valence-electron chi connectivity index (χ0n) is 7.96. The van der Waals surface area contributed by atoms with E-state index in [9.17, 15) is 4.39 Å². The average Bonchev–Trinajstić information content (AvgIpc) is 2.58. The van der Waals surface area contributed by atoms with Crippen molar-refractivity contribution in [2.45, 2.75) is 0 Å². The third-order valence-electron chi connectivity index (χ3n) is 2.44. The van der Waals surface area contributed by atoms with E-state index in [1.807, 2.05) is 0 Å². The van der Waals surface area contributed by atoms with Crippen molar-refractivity contribution >= 4 is 43.7 Å². The van der Waals surface area contributed by atoms with Crippen LogP contribution in [0.5, 0.6) is 0 Å². The van der Waals surface area contributed by atoms with Gasteiger partial charge in [0.05, 0.1) is 10.9 Å². The lowest BCUT2D eigenvalue weighted by atomic mass is 10.2.